The van der Waals surface area contributed by atoms with E-state index >= 15 is 0 Å². The van der Waals surface area contributed by atoms with Crippen LogP contribution >= 0.6 is 0 Å². The average Bonchev–Trinajstić information content (AvgIpc) is 2.83. The molecule has 3 heterocycles. The van der Waals surface area contributed by atoms with Crippen LogP contribution in [0.2, 0.25) is 0 Å². The average molecular weight is 380 g/mol. The van der Waals surface area contributed by atoms with E-state index in [4.69, 9.17) is 0 Å². The van der Waals surface area contributed by atoms with E-state index in [1.54, 1.807) is 23.4 Å². The number of hydrogen-bond donors (Lipinski definition) is 1. The minimum Gasteiger partial charge on any atom is -0.338 e. The molecular formula is C20H24N6O2. The second kappa shape index (κ2) is 7.93. The third-order valence-electron chi connectivity index (χ3n) is 5.19. The van der Waals surface area contributed by atoms with Crippen LogP contribution in [0.3, 0.4) is 0 Å². The van der Waals surface area contributed by atoms with Crippen molar-refractivity contribution in [2.75, 3.05) is 47.8 Å². The molecule has 0 spiro atoms. The van der Waals surface area contributed by atoms with Crippen molar-refractivity contribution in [2.24, 2.45) is 0 Å². The van der Waals surface area contributed by atoms with Crippen molar-refractivity contribution in [2.45, 2.75) is 19.4 Å². The zero-order chi connectivity index (χ0) is 19.5. The van der Waals surface area contributed by atoms with Gasteiger partial charge in [0.2, 0.25) is 17.8 Å². The number of carbonyl (C=O) groups is 2. The summed E-state index contributed by atoms with van der Waals surface area (Å²) in [5.41, 5.74) is 1.46. The normalized spacial score (nSPS) is 20.3. The molecule has 1 saturated heterocycles. The summed E-state index contributed by atoms with van der Waals surface area (Å²) in [5, 5.41) is 2.90. The second-order valence-electron chi connectivity index (χ2n) is 7.19. The fraction of sp³-hybridized carbons (Fsp3) is 0.400. The highest BCUT2D eigenvalue weighted by molar-refractivity contribution is 6.04. The molecule has 1 unspecified atom stereocenters. The first-order valence-corrected chi connectivity index (χ1v) is 9.57. The van der Waals surface area contributed by atoms with Gasteiger partial charge in [-0.05, 0) is 25.1 Å². The summed E-state index contributed by atoms with van der Waals surface area (Å²) < 4.78 is 0. The molecule has 0 aliphatic carbocycles. The van der Waals surface area contributed by atoms with Gasteiger partial charge in [-0.1, -0.05) is 12.1 Å². The predicted molar refractivity (Wildman–Crippen MR) is 107 cm³/mol. The van der Waals surface area contributed by atoms with Crippen molar-refractivity contribution >= 4 is 29.1 Å². The lowest BCUT2D eigenvalue weighted by molar-refractivity contribution is -0.120. The molecule has 8 heteroatoms. The Morgan fingerprint density at radius 1 is 1.11 bits per heavy atom. The van der Waals surface area contributed by atoms with E-state index in [0.29, 0.717) is 18.7 Å². The van der Waals surface area contributed by atoms with Crippen LogP contribution in [-0.4, -0.2) is 65.4 Å². The summed E-state index contributed by atoms with van der Waals surface area (Å²) in [5.74, 6) is 0.681. The Morgan fingerprint density at radius 3 is 2.57 bits per heavy atom. The molecule has 28 heavy (non-hydrogen) atoms. The first kappa shape index (κ1) is 18.4. The maximum atomic E-state index is 13.2. The van der Waals surface area contributed by atoms with Crippen LogP contribution in [0.1, 0.15) is 13.3 Å². The highest BCUT2D eigenvalue weighted by Crippen LogP contribution is 2.31. The number of nitrogens with zero attached hydrogens (tertiary/aromatic N) is 5. The number of aromatic nitrogens is 2. The number of fused-ring (bicyclic) bond motifs is 1. The summed E-state index contributed by atoms with van der Waals surface area (Å²) in [6.45, 7) is 5.35. The number of piperazine rings is 1. The Kier molecular flexibility index (Phi) is 5.21. The van der Waals surface area contributed by atoms with Crippen LogP contribution in [0.15, 0.2) is 42.7 Å². The van der Waals surface area contributed by atoms with Gasteiger partial charge in [-0.2, -0.15) is 0 Å². The summed E-state index contributed by atoms with van der Waals surface area (Å²) in [7, 11) is 0. The molecule has 146 valence electrons. The van der Waals surface area contributed by atoms with Crippen molar-refractivity contribution in [3.05, 3.63) is 42.7 Å². The third-order valence-corrected chi connectivity index (χ3v) is 5.19. The summed E-state index contributed by atoms with van der Waals surface area (Å²) in [6.07, 6.45) is 3.77. The fourth-order valence-electron chi connectivity index (χ4n) is 3.80. The smallest absolute Gasteiger partial charge is 0.241 e. The highest BCUT2D eigenvalue weighted by Gasteiger charge is 2.31. The van der Waals surface area contributed by atoms with Crippen LogP contribution < -0.4 is 15.1 Å². The summed E-state index contributed by atoms with van der Waals surface area (Å²) in [6, 6.07) is 9.10. The topological polar surface area (TPSA) is 81.7 Å². The second-order valence-corrected chi connectivity index (χ2v) is 7.19. The van der Waals surface area contributed by atoms with Gasteiger partial charge in [0.05, 0.1) is 17.9 Å². The molecule has 4 rings (SSSR count). The van der Waals surface area contributed by atoms with Gasteiger partial charge in [0.25, 0.3) is 0 Å². The number of rotatable bonds is 3. The molecule has 1 N–H and O–H groups in total. The molecule has 1 aromatic heterocycles. The Labute approximate surface area is 164 Å². The number of amides is 2. The molecule has 0 bridgehead atoms. The van der Waals surface area contributed by atoms with Crippen molar-refractivity contribution in [1.29, 1.82) is 0 Å². The fourth-order valence-corrected chi connectivity index (χ4v) is 3.80. The number of carbonyl (C=O) groups excluding carboxylic acids is 2. The maximum absolute atomic E-state index is 13.2. The van der Waals surface area contributed by atoms with Crippen molar-refractivity contribution in [1.82, 2.24) is 14.9 Å². The van der Waals surface area contributed by atoms with E-state index in [2.05, 4.69) is 25.1 Å². The number of para-hydroxylation sites is 2. The molecule has 1 atom stereocenters. The van der Waals surface area contributed by atoms with Crippen molar-refractivity contribution in [3.63, 3.8) is 0 Å². The van der Waals surface area contributed by atoms with Crippen molar-refractivity contribution < 1.29 is 9.59 Å². The molecule has 2 aromatic rings. The molecular weight excluding hydrogens is 356 g/mol. The van der Waals surface area contributed by atoms with Gasteiger partial charge in [0.15, 0.2) is 0 Å². The van der Waals surface area contributed by atoms with Gasteiger partial charge in [-0.25, -0.2) is 9.97 Å². The largest absolute Gasteiger partial charge is 0.338 e. The first-order chi connectivity index (χ1) is 13.6. The van der Waals surface area contributed by atoms with Gasteiger partial charge >= 0.3 is 0 Å². The predicted octanol–water partition coefficient (Wildman–Crippen LogP) is 1.36. The van der Waals surface area contributed by atoms with Gasteiger partial charge < -0.3 is 15.1 Å². The van der Waals surface area contributed by atoms with Gasteiger partial charge in [0.1, 0.15) is 0 Å². The maximum Gasteiger partial charge on any atom is 0.241 e. The number of hydrogen-bond acceptors (Lipinski definition) is 6. The summed E-state index contributed by atoms with van der Waals surface area (Å²) in [4.78, 5) is 39.9. The standard InChI is InChI=1S/C20H24N6O2/c1-15-13-18(27)23-16-5-2-3-6-17(16)26(15)19(28)14-24-9-11-25(12-10-24)20-21-7-4-8-22-20/h2-8,15H,9-14H2,1H3,(H,23,27). The molecule has 8 nitrogen and oxygen atoms in total. The Bertz CT molecular complexity index is 851. The number of anilines is 3. The molecule has 0 saturated carbocycles. The zero-order valence-electron chi connectivity index (χ0n) is 15.9. The molecule has 2 aliphatic rings. The minimum atomic E-state index is -0.185. The van der Waals surface area contributed by atoms with E-state index in [-0.39, 0.29) is 17.9 Å². The Hall–Kier alpha value is -3.00. The third kappa shape index (κ3) is 3.82. The van der Waals surface area contributed by atoms with Crippen LogP contribution in [0.4, 0.5) is 17.3 Å². The van der Waals surface area contributed by atoms with Gasteiger partial charge in [-0.15, -0.1) is 0 Å². The SMILES string of the molecule is CC1CC(=O)Nc2ccccc2N1C(=O)CN1CCN(c2ncccn2)CC1. The quantitative estimate of drug-likeness (QED) is 0.866. The first-order valence-electron chi connectivity index (χ1n) is 9.57. The van der Waals surface area contributed by atoms with Crippen LogP contribution in [0, 0.1) is 0 Å². The van der Waals surface area contributed by atoms with E-state index in [1.807, 2.05) is 31.2 Å². The monoisotopic (exact) mass is 380 g/mol. The molecule has 1 fully saturated rings. The van der Waals surface area contributed by atoms with Gasteiger partial charge in [-0.3, -0.25) is 14.5 Å². The Morgan fingerprint density at radius 2 is 1.82 bits per heavy atom. The van der Waals surface area contributed by atoms with E-state index in [1.165, 1.54) is 0 Å². The Balaban J connectivity index is 1.43. The molecule has 1 aromatic carbocycles. The number of nitrogens with one attached hydrogen (secondary N) is 1. The minimum absolute atomic E-state index is 0.0147. The summed E-state index contributed by atoms with van der Waals surface area (Å²) >= 11 is 0. The van der Waals surface area contributed by atoms with Crippen LogP contribution in [-0.2, 0) is 9.59 Å². The lowest BCUT2D eigenvalue weighted by atomic mass is 10.1. The van der Waals surface area contributed by atoms with Gasteiger partial charge in [0, 0.05) is 51.0 Å². The van der Waals surface area contributed by atoms with Crippen molar-refractivity contribution in [3.8, 4) is 0 Å². The van der Waals surface area contributed by atoms with Crippen LogP contribution in [0.25, 0.3) is 0 Å². The molecule has 2 amide bonds. The number of benzene rings is 1. The van der Waals surface area contributed by atoms with E-state index < -0.39 is 0 Å². The highest BCUT2D eigenvalue weighted by atomic mass is 16.2. The molecule has 2 aliphatic heterocycles. The lowest BCUT2D eigenvalue weighted by Crippen LogP contribution is -2.51. The van der Waals surface area contributed by atoms with E-state index in [0.717, 1.165) is 37.8 Å². The van der Waals surface area contributed by atoms with E-state index in [9.17, 15) is 9.59 Å². The van der Waals surface area contributed by atoms with Crippen LogP contribution in [0.5, 0.6) is 0 Å². The zero-order valence-corrected chi connectivity index (χ0v) is 15.9. The lowest BCUT2D eigenvalue weighted by Gasteiger charge is -2.36. The molecule has 0 radical (unpaired) electrons.